The van der Waals surface area contributed by atoms with Gasteiger partial charge in [0.15, 0.2) is 6.61 Å². The number of amides is 8. The van der Waals surface area contributed by atoms with E-state index in [1.165, 1.54) is 52.0 Å². The van der Waals surface area contributed by atoms with Crippen molar-refractivity contribution in [1.29, 1.82) is 0 Å². The third-order valence-electron chi connectivity index (χ3n) is 18.5. The van der Waals surface area contributed by atoms with E-state index in [1.807, 2.05) is 14.7 Å². The molecule has 1 aliphatic heterocycles. The van der Waals surface area contributed by atoms with Crippen LogP contribution in [0, 0.1) is 0 Å². The van der Waals surface area contributed by atoms with E-state index < -0.39 is 193 Å². The average Bonchev–Trinajstić information content (AvgIpc) is 0.781. The lowest BCUT2D eigenvalue weighted by Gasteiger charge is -2.37. The molecule has 1 aliphatic rings. The number of nitrogens with one attached hydrogen (secondary N) is 8. The van der Waals surface area contributed by atoms with Gasteiger partial charge in [-0.3, -0.25) is 81.5 Å². The SMILES string of the molecule is CCOP(=O)(OCC)C(NC(=O)CNC(=O)[C@H](Cc1ccc(OCC(=O)N[C@@H](Cc2ccccc2)C(=O)NCCCC[C@H](NC(=O)N[C@@H](CCC(=O)OC(C)(C)C)C(=O)OC(C)(C)C)C(=O)OC(C)(C)C)cc1)NC(=O)CNC(=O)CCC(C(=O)OC(C)(C)C)N1CCN(CC(=O)OC(C)(C)C)CCN(CC(=O)OC(C)(C)C)CCN(CC(=O)OC(C)(C)C)CC1)P(=O)(OCC)OCC. The Hall–Kier alpha value is -9.24. The molecule has 134 heavy (non-hydrogen) atoms. The monoisotopic (exact) mass is 1940 g/mol. The van der Waals surface area contributed by atoms with Crippen LogP contribution < -0.4 is 47.3 Å². The fraction of sp³-hybridized carbons (Fsp3) is 0.717. The Morgan fingerprint density at radius 1 is 0.358 bits per heavy atom. The van der Waals surface area contributed by atoms with Gasteiger partial charge in [0.2, 0.25) is 35.1 Å². The Kier molecular flexibility index (Phi) is 49.6. The van der Waals surface area contributed by atoms with Crippen LogP contribution >= 0.6 is 15.2 Å². The van der Waals surface area contributed by atoms with Crippen molar-refractivity contribution in [2.75, 3.05) is 125 Å². The number of ether oxygens (including phenoxy) is 8. The number of hydrogen-bond acceptors (Lipinski definition) is 32. The van der Waals surface area contributed by atoms with Gasteiger partial charge in [0.05, 0.1) is 59.2 Å². The standard InChI is InChI=1S/C92H154N12O28P2/c1-26-122-133(119,123-27-2)85(134(120,124-28-3)125-29-4)100-73(107)58-95-80(114)69(96-72(106)57-94-71(105)44-43-70(83(117)132-92(23,24)25)104-53-51-102(60-77(111)128-88(11,12)13)49-47-101(59-76(110)127-87(8,9)10)48-50-103(52-54-104)61-78(112)129-89(14,15)16)56-64-38-40-65(41-39-64)121-62-74(108)97-68(55-63-35-31-30-32-36-63)79(113)93-46-34-33-37-66(81(115)130-90(17,18)19)98-84(118)99-67(82(116)131-91(20,21)22)42-45-75(109)126-86(5,6)7/h30-32,35-36,38-41,66-70,85H,26-29,33-34,37,42-62H2,1-25H3,(H,93,113)(H,94,105)(H,95,114)(H,96,106)(H,97,108)(H,100,107)(H2,98,99,118)/t66-,67-,68-,69-,70?/m0/s1. The lowest BCUT2D eigenvalue weighted by molar-refractivity contribution is -0.163. The maximum Gasteiger partial charge on any atom is 0.365 e. The summed E-state index contributed by atoms with van der Waals surface area (Å²) < 4.78 is 96.4. The molecule has 760 valence electrons. The van der Waals surface area contributed by atoms with E-state index in [9.17, 15) is 76.3 Å². The minimum absolute atomic E-state index is 0.0176. The Morgan fingerprint density at radius 2 is 0.724 bits per heavy atom. The van der Waals surface area contributed by atoms with Gasteiger partial charge in [-0.15, -0.1) is 0 Å². The number of hydrogen-bond donors (Lipinski definition) is 8. The summed E-state index contributed by atoms with van der Waals surface area (Å²) in [4.78, 5) is 201. The highest BCUT2D eigenvalue weighted by molar-refractivity contribution is 7.72. The first-order chi connectivity index (χ1) is 62.0. The molecule has 0 bridgehead atoms. The minimum Gasteiger partial charge on any atom is -0.484 e. The van der Waals surface area contributed by atoms with Gasteiger partial charge in [0, 0.05) is 84.6 Å². The van der Waals surface area contributed by atoms with Crippen LogP contribution in [0.3, 0.4) is 0 Å². The highest BCUT2D eigenvalue weighted by atomic mass is 31.2. The predicted molar refractivity (Wildman–Crippen MR) is 499 cm³/mol. The number of carbonyl (C=O) groups is 14. The smallest absolute Gasteiger partial charge is 0.365 e. The molecule has 2 aromatic carbocycles. The summed E-state index contributed by atoms with van der Waals surface area (Å²) in [6, 6.07) is 7.50. The van der Waals surface area contributed by atoms with Crippen molar-refractivity contribution in [2.24, 2.45) is 0 Å². The van der Waals surface area contributed by atoms with E-state index >= 15 is 0 Å². The zero-order chi connectivity index (χ0) is 101. The van der Waals surface area contributed by atoms with Crippen molar-refractivity contribution in [3.8, 4) is 5.75 Å². The van der Waals surface area contributed by atoms with E-state index in [0.29, 0.717) is 11.1 Å². The minimum atomic E-state index is -4.56. The summed E-state index contributed by atoms with van der Waals surface area (Å²) in [5, 5.41) is 20.7. The van der Waals surface area contributed by atoms with Gasteiger partial charge < -0.3 is 98.5 Å². The van der Waals surface area contributed by atoms with E-state index in [0.717, 1.165) is 0 Å². The molecule has 5 atom stereocenters. The number of esters is 7. The molecule has 1 heterocycles. The number of rotatable bonds is 49. The molecule has 42 heteroatoms. The lowest BCUT2D eigenvalue weighted by Crippen LogP contribution is -2.53. The molecule has 8 amide bonds. The van der Waals surface area contributed by atoms with Crippen LogP contribution in [0.4, 0.5) is 4.79 Å². The van der Waals surface area contributed by atoms with Gasteiger partial charge in [-0.05, 0) is 228 Å². The van der Waals surface area contributed by atoms with Crippen LogP contribution in [0.1, 0.15) is 229 Å². The molecule has 8 N–H and O–H groups in total. The summed E-state index contributed by atoms with van der Waals surface area (Å²) in [6.07, 6.45) is -0.716. The highest BCUT2D eigenvalue weighted by Crippen LogP contribution is 2.69. The summed E-state index contributed by atoms with van der Waals surface area (Å²) in [7, 11) is -9.11. The Labute approximate surface area is 791 Å². The summed E-state index contributed by atoms with van der Waals surface area (Å²) in [6.45, 7) is 39.6. The van der Waals surface area contributed by atoms with E-state index in [1.54, 1.807) is 181 Å². The Bertz CT molecular complexity index is 4130. The quantitative estimate of drug-likeness (QED) is 0.0135. The van der Waals surface area contributed by atoms with Gasteiger partial charge in [0.1, 0.15) is 75.2 Å². The van der Waals surface area contributed by atoms with Crippen LogP contribution in [-0.4, -0.2) is 302 Å². The van der Waals surface area contributed by atoms with E-state index in [4.69, 9.17) is 56.0 Å². The van der Waals surface area contributed by atoms with Gasteiger partial charge >= 0.3 is 63.0 Å². The fourth-order valence-electron chi connectivity index (χ4n) is 13.2. The third kappa shape index (κ3) is 51.1. The largest absolute Gasteiger partial charge is 0.484 e. The summed E-state index contributed by atoms with van der Waals surface area (Å²) in [5.74, 6) is -9.25. The second kappa shape index (κ2) is 55.8. The predicted octanol–water partition coefficient (Wildman–Crippen LogP) is 7.85. The molecule has 0 radical (unpaired) electrons. The third-order valence-corrected chi connectivity index (χ3v) is 24.2. The first-order valence-corrected chi connectivity index (χ1v) is 49.0. The molecule has 2 aromatic rings. The van der Waals surface area contributed by atoms with E-state index in [-0.39, 0.29) is 169 Å². The van der Waals surface area contributed by atoms with Gasteiger partial charge in [-0.25, -0.2) is 14.4 Å². The topological polar surface area (TPSA) is 493 Å². The van der Waals surface area contributed by atoms with Crippen LogP contribution in [0.15, 0.2) is 54.6 Å². The zero-order valence-corrected chi connectivity index (χ0v) is 85.4. The molecule has 1 unspecified atom stereocenters. The van der Waals surface area contributed by atoms with Crippen molar-refractivity contribution < 1.29 is 132 Å². The zero-order valence-electron chi connectivity index (χ0n) is 83.6. The number of carbonyl (C=O) groups excluding carboxylic acids is 14. The van der Waals surface area contributed by atoms with Gasteiger partial charge in [0.25, 0.3) is 5.91 Å². The first-order valence-electron chi connectivity index (χ1n) is 45.8. The average molecular weight is 1940 g/mol. The van der Waals surface area contributed by atoms with Crippen molar-refractivity contribution in [1.82, 2.24) is 62.1 Å². The Morgan fingerprint density at radius 3 is 1.14 bits per heavy atom. The maximum absolute atomic E-state index is 14.7. The van der Waals surface area contributed by atoms with E-state index in [2.05, 4.69) is 42.5 Å². The molecule has 0 spiro atoms. The van der Waals surface area contributed by atoms with Crippen molar-refractivity contribution in [2.45, 2.75) is 306 Å². The molecular weight excluding hydrogens is 1780 g/mol. The number of unbranched alkanes of at least 4 members (excludes halogenated alkanes) is 1. The second-order valence-corrected chi connectivity index (χ2v) is 43.8. The normalized spacial score (nSPS) is 15.2. The number of urea groups is 1. The summed E-state index contributed by atoms with van der Waals surface area (Å²) >= 11 is 0. The van der Waals surface area contributed by atoms with Crippen molar-refractivity contribution >= 4 is 98.5 Å². The molecule has 1 fully saturated rings. The molecule has 40 nitrogen and oxygen atoms in total. The molecule has 0 aromatic heterocycles. The van der Waals surface area contributed by atoms with Crippen LogP contribution in [0.25, 0.3) is 0 Å². The summed E-state index contributed by atoms with van der Waals surface area (Å²) in [5.41, 5.74) is -7.17. The lowest BCUT2D eigenvalue weighted by atomic mass is 10.0. The molecular formula is C92H154N12O28P2. The van der Waals surface area contributed by atoms with Crippen LogP contribution in [-0.2, 0) is 136 Å². The van der Waals surface area contributed by atoms with Crippen LogP contribution in [0.5, 0.6) is 5.75 Å². The molecule has 0 saturated carbocycles. The van der Waals surface area contributed by atoms with Gasteiger partial charge in [-0.1, -0.05) is 42.5 Å². The number of nitrogens with zero attached hydrogens (tertiary/aromatic N) is 4. The fourth-order valence-corrected chi connectivity index (χ4v) is 18.1. The second-order valence-electron chi connectivity index (χ2n) is 39.2. The number of benzene rings is 2. The molecule has 1 saturated heterocycles. The highest BCUT2D eigenvalue weighted by Gasteiger charge is 2.52. The Balaban J connectivity index is 1.98. The molecule has 3 rings (SSSR count). The van der Waals surface area contributed by atoms with Crippen LogP contribution in [0.2, 0.25) is 0 Å². The van der Waals surface area contributed by atoms with Crippen molar-refractivity contribution in [3.63, 3.8) is 0 Å². The van der Waals surface area contributed by atoms with Crippen molar-refractivity contribution in [3.05, 3.63) is 65.7 Å². The van der Waals surface area contributed by atoms with Gasteiger partial charge in [-0.2, -0.15) is 0 Å². The molecule has 0 aliphatic carbocycles. The maximum atomic E-state index is 14.7. The first kappa shape index (κ1) is 119.